The minimum atomic E-state index is -0.0323. The normalized spacial score (nSPS) is 12.7. The maximum Gasteiger partial charge on any atom is 0.134 e. The second-order valence-electron chi connectivity index (χ2n) is 7.70. The summed E-state index contributed by atoms with van der Waals surface area (Å²) in [5.74, 6) is 0.713. The van der Waals surface area contributed by atoms with E-state index in [0.717, 1.165) is 24.2 Å². The third-order valence-electron chi connectivity index (χ3n) is 4.86. The largest absolute Gasteiger partial charge is 0.506 e. The molecule has 0 heterocycles. The first-order chi connectivity index (χ1) is 14.0. The summed E-state index contributed by atoms with van der Waals surface area (Å²) < 4.78 is 0. The average molecular weight is 410 g/mol. The van der Waals surface area contributed by atoms with E-state index in [1.165, 1.54) is 16.3 Å². The molecule has 5 heteroatoms. The van der Waals surface area contributed by atoms with Gasteiger partial charge in [-0.15, -0.1) is 0 Å². The number of nitrogens with one attached hydrogen (secondary N) is 2. The number of hydrogen-bond donors (Lipinski definition) is 3. The van der Waals surface area contributed by atoms with Crippen LogP contribution in [-0.4, -0.2) is 17.9 Å². The molecule has 0 spiro atoms. The van der Waals surface area contributed by atoms with E-state index >= 15 is 0 Å². The summed E-state index contributed by atoms with van der Waals surface area (Å²) in [4.78, 5) is 0. The van der Waals surface area contributed by atoms with Gasteiger partial charge >= 0.3 is 0 Å². The van der Waals surface area contributed by atoms with Gasteiger partial charge < -0.3 is 15.8 Å². The number of nitrogens with zero attached hydrogens (tertiary/aromatic N) is 1. The van der Waals surface area contributed by atoms with Crippen LogP contribution in [0, 0.1) is 5.92 Å². The molecule has 1 atom stereocenters. The third kappa shape index (κ3) is 5.49. The van der Waals surface area contributed by atoms with Crippen LogP contribution in [0.15, 0.2) is 59.7 Å². The van der Waals surface area contributed by atoms with Crippen molar-refractivity contribution in [3.63, 3.8) is 0 Å². The van der Waals surface area contributed by atoms with Gasteiger partial charge in [-0.2, -0.15) is 5.10 Å². The van der Waals surface area contributed by atoms with Crippen molar-refractivity contribution in [2.75, 3.05) is 6.54 Å². The topological polar surface area (TPSA) is 56.7 Å². The van der Waals surface area contributed by atoms with Gasteiger partial charge in [0.05, 0.1) is 17.3 Å². The van der Waals surface area contributed by atoms with E-state index in [0.29, 0.717) is 10.9 Å². The molecule has 0 saturated carbocycles. The summed E-state index contributed by atoms with van der Waals surface area (Å²) in [7, 11) is 0. The van der Waals surface area contributed by atoms with E-state index in [-0.39, 0.29) is 11.8 Å². The monoisotopic (exact) mass is 409 g/mol. The number of aromatic hydroxyl groups is 1. The zero-order valence-corrected chi connectivity index (χ0v) is 17.9. The Bertz CT molecular complexity index is 1000. The third-order valence-corrected chi connectivity index (χ3v) is 5.16. The lowest BCUT2D eigenvalue weighted by molar-refractivity contribution is 0.475. The Balaban J connectivity index is 1.75. The lowest BCUT2D eigenvalue weighted by Crippen LogP contribution is -2.19. The van der Waals surface area contributed by atoms with Gasteiger partial charge in [-0.05, 0) is 53.4 Å². The van der Waals surface area contributed by atoms with Crippen LogP contribution in [0.3, 0.4) is 0 Å². The zero-order valence-electron chi connectivity index (χ0n) is 17.1. The zero-order chi connectivity index (χ0) is 20.8. The van der Waals surface area contributed by atoms with Gasteiger partial charge in [-0.25, -0.2) is 0 Å². The van der Waals surface area contributed by atoms with Crippen LogP contribution in [0.4, 0.5) is 0 Å². The van der Waals surface area contributed by atoms with E-state index in [2.05, 4.69) is 66.1 Å². The molecular weight excluding hydrogens is 382 g/mol. The molecule has 0 aliphatic rings. The molecule has 0 amide bonds. The highest BCUT2D eigenvalue weighted by atomic mass is 35.5. The molecule has 0 aliphatic heterocycles. The van der Waals surface area contributed by atoms with Gasteiger partial charge in [0.25, 0.3) is 0 Å². The van der Waals surface area contributed by atoms with Crippen LogP contribution in [0.25, 0.3) is 10.8 Å². The summed E-state index contributed by atoms with van der Waals surface area (Å²) in [5.41, 5.74) is 6.45. The fourth-order valence-electron chi connectivity index (χ4n) is 3.23. The minimum absolute atomic E-state index is 0.0323. The number of hydrazone groups is 1. The predicted molar refractivity (Wildman–Crippen MR) is 123 cm³/mol. The first-order valence-electron chi connectivity index (χ1n) is 9.94. The summed E-state index contributed by atoms with van der Waals surface area (Å²) >= 11 is 6.00. The van der Waals surface area contributed by atoms with Gasteiger partial charge in [0.15, 0.2) is 0 Å². The molecule has 0 fully saturated rings. The highest BCUT2D eigenvalue weighted by Crippen LogP contribution is 2.26. The summed E-state index contributed by atoms with van der Waals surface area (Å²) in [6.07, 6.45) is 1.85. The number of hydrogen-bond acceptors (Lipinski definition) is 4. The molecule has 29 heavy (non-hydrogen) atoms. The molecule has 152 valence electrons. The highest BCUT2D eigenvalue weighted by Gasteiger charge is 2.08. The Morgan fingerprint density at radius 2 is 1.79 bits per heavy atom. The van der Waals surface area contributed by atoms with E-state index < -0.39 is 0 Å². The SMILES string of the molecule is CC(C)CNCc1ccc(/C=N/NC(C)c2ccc(O)c(Cl)c2)c2ccccc12. The minimum Gasteiger partial charge on any atom is -0.506 e. The second kappa shape index (κ2) is 9.77. The predicted octanol–water partition coefficient (Wildman–Crippen LogP) is 5.63. The second-order valence-corrected chi connectivity index (χ2v) is 8.11. The van der Waals surface area contributed by atoms with Crippen molar-refractivity contribution >= 4 is 28.6 Å². The number of rotatable bonds is 8. The van der Waals surface area contributed by atoms with Crippen molar-refractivity contribution in [1.29, 1.82) is 0 Å². The van der Waals surface area contributed by atoms with Crippen LogP contribution >= 0.6 is 11.6 Å². The summed E-state index contributed by atoms with van der Waals surface area (Å²) in [5, 5.41) is 20.3. The van der Waals surface area contributed by atoms with Crippen LogP contribution < -0.4 is 10.7 Å². The number of phenolic OH excluding ortho intramolecular Hbond substituents is 1. The Labute approximate surface area is 177 Å². The molecular formula is C24H28ClN3O. The average Bonchev–Trinajstić information content (AvgIpc) is 2.71. The number of fused-ring (bicyclic) bond motifs is 1. The van der Waals surface area contributed by atoms with Gasteiger partial charge in [-0.3, -0.25) is 0 Å². The van der Waals surface area contributed by atoms with E-state index in [4.69, 9.17) is 11.6 Å². The van der Waals surface area contributed by atoms with Gasteiger partial charge in [0, 0.05) is 12.1 Å². The van der Waals surface area contributed by atoms with Gasteiger partial charge in [-0.1, -0.05) is 67.9 Å². The van der Waals surface area contributed by atoms with Gasteiger partial charge in [0.1, 0.15) is 5.75 Å². The molecule has 0 radical (unpaired) electrons. The molecule has 3 N–H and O–H groups in total. The molecule has 0 saturated heterocycles. The van der Waals surface area contributed by atoms with E-state index in [9.17, 15) is 5.11 Å². The Kier molecular flexibility index (Phi) is 7.13. The van der Waals surface area contributed by atoms with Crippen molar-refractivity contribution in [2.45, 2.75) is 33.4 Å². The maximum atomic E-state index is 9.57. The lowest BCUT2D eigenvalue weighted by Gasteiger charge is -2.13. The van der Waals surface area contributed by atoms with Crippen LogP contribution in [-0.2, 0) is 6.54 Å². The van der Waals surface area contributed by atoms with E-state index in [1.807, 2.05) is 19.2 Å². The summed E-state index contributed by atoms with van der Waals surface area (Å²) in [6.45, 7) is 8.28. The molecule has 0 bridgehead atoms. The molecule has 3 aromatic rings. The summed E-state index contributed by atoms with van der Waals surface area (Å²) in [6, 6.07) is 17.8. The van der Waals surface area contributed by atoms with Crippen molar-refractivity contribution in [3.05, 3.63) is 76.3 Å². The highest BCUT2D eigenvalue weighted by molar-refractivity contribution is 6.32. The lowest BCUT2D eigenvalue weighted by atomic mass is 10.00. The maximum absolute atomic E-state index is 9.57. The first kappa shape index (κ1) is 21.2. The number of phenols is 1. The molecule has 4 nitrogen and oxygen atoms in total. The number of halogens is 1. The van der Waals surface area contributed by atoms with Crippen molar-refractivity contribution in [2.24, 2.45) is 11.0 Å². The van der Waals surface area contributed by atoms with Crippen molar-refractivity contribution in [1.82, 2.24) is 10.7 Å². The fraction of sp³-hybridized carbons (Fsp3) is 0.292. The van der Waals surface area contributed by atoms with Crippen LogP contribution in [0.5, 0.6) is 5.75 Å². The van der Waals surface area contributed by atoms with Crippen LogP contribution in [0.1, 0.15) is 43.5 Å². The molecule has 1 unspecified atom stereocenters. The molecule has 0 aliphatic carbocycles. The molecule has 3 aromatic carbocycles. The smallest absolute Gasteiger partial charge is 0.134 e. The van der Waals surface area contributed by atoms with Crippen molar-refractivity contribution in [3.8, 4) is 5.75 Å². The molecule has 0 aromatic heterocycles. The fourth-order valence-corrected chi connectivity index (χ4v) is 3.42. The van der Waals surface area contributed by atoms with Crippen LogP contribution in [0.2, 0.25) is 5.02 Å². The Hall–Kier alpha value is -2.56. The quantitative estimate of drug-likeness (QED) is 0.334. The number of benzene rings is 3. The first-order valence-corrected chi connectivity index (χ1v) is 10.3. The van der Waals surface area contributed by atoms with E-state index in [1.54, 1.807) is 12.1 Å². The molecule has 3 rings (SSSR count). The van der Waals surface area contributed by atoms with Crippen molar-refractivity contribution < 1.29 is 5.11 Å². The Morgan fingerprint density at radius 3 is 2.52 bits per heavy atom. The van der Waals surface area contributed by atoms with Gasteiger partial charge in [0.2, 0.25) is 0 Å². The standard InChI is InChI=1S/C24H28ClN3O/c1-16(2)13-26-14-19-8-9-20(22-7-5-4-6-21(19)22)15-27-28-17(3)18-10-11-24(29)23(25)12-18/h4-12,15-17,26,28-29H,13-14H2,1-3H3/b27-15+. The Morgan fingerprint density at radius 1 is 1.03 bits per heavy atom.